The molecule has 0 spiro atoms. The third kappa shape index (κ3) is 7.28. The number of nitrogens with one attached hydrogen (secondary N) is 1. The van der Waals surface area contributed by atoms with Gasteiger partial charge in [0.15, 0.2) is 0 Å². The number of likely N-dealkylation sites (tertiary alicyclic amines) is 1. The highest BCUT2D eigenvalue weighted by Crippen LogP contribution is 2.24. The molecule has 1 aliphatic rings. The first-order valence-corrected chi connectivity index (χ1v) is 10.7. The van der Waals surface area contributed by atoms with Gasteiger partial charge < -0.3 is 29.9 Å². The number of hydrogen-bond donors (Lipinski definition) is 3. The Labute approximate surface area is 178 Å². The second-order valence-electron chi connectivity index (χ2n) is 7.77. The smallest absolute Gasteiger partial charge is 0.124 e. The van der Waals surface area contributed by atoms with E-state index in [1.54, 1.807) is 13.3 Å². The summed E-state index contributed by atoms with van der Waals surface area (Å²) in [6, 6.07) is 7.66. The Morgan fingerprint density at radius 1 is 1.30 bits per heavy atom. The number of methoxy groups -OCH3 is 1. The second kappa shape index (κ2) is 11.9. The van der Waals surface area contributed by atoms with E-state index in [2.05, 4.69) is 15.3 Å². The maximum Gasteiger partial charge on any atom is 0.124 e. The summed E-state index contributed by atoms with van der Waals surface area (Å²) in [6.07, 6.45) is 5.48. The number of aryl methyl sites for hydroxylation is 1. The summed E-state index contributed by atoms with van der Waals surface area (Å²) in [7, 11) is 1.65. The molecule has 3 rings (SSSR count). The number of nitrogens with zero attached hydrogens (tertiary/aromatic N) is 3. The molecule has 166 valence electrons. The van der Waals surface area contributed by atoms with Crippen LogP contribution in [0, 0.1) is 0 Å². The van der Waals surface area contributed by atoms with Crippen molar-refractivity contribution in [3.8, 4) is 11.5 Å². The molecular formula is C22H34N4O4. The van der Waals surface area contributed by atoms with E-state index in [0.717, 1.165) is 62.5 Å². The van der Waals surface area contributed by atoms with Crippen LogP contribution >= 0.6 is 0 Å². The van der Waals surface area contributed by atoms with Gasteiger partial charge in [0.1, 0.15) is 24.2 Å². The minimum absolute atomic E-state index is 0.205. The molecule has 1 aliphatic heterocycles. The Morgan fingerprint density at radius 2 is 2.13 bits per heavy atom. The van der Waals surface area contributed by atoms with Crippen LogP contribution in [0.15, 0.2) is 36.7 Å². The zero-order valence-electron chi connectivity index (χ0n) is 17.7. The Morgan fingerprint density at radius 3 is 2.87 bits per heavy atom. The molecule has 0 amide bonds. The summed E-state index contributed by atoms with van der Waals surface area (Å²) in [5.41, 5.74) is 1.00. The normalized spacial score (nSPS) is 16.5. The minimum atomic E-state index is -0.572. The highest BCUT2D eigenvalue weighted by Gasteiger charge is 2.19. The van der Waals surface area contributed by atoms with Crippen molar-refractivity contribution in [2.75, 3.05) is 39.9 Å². The highest BCUT2D eigenvalue weighted by molar-refractivity contribution is 5.40. The summed E-state index contributed by atoms with van der Waals surface area (Å²) >= 11 is 0. The van der Waals surface area contributed by atoms with Gasteiger partial charge >= 0.3 is 0 Å². The highest BCUT2D eigenvalue weighted by atomic mass is 16.5. The molecule has 1 aromatic carbocycles. The van der Waals surface area contributed by atoms with E-state index in [9.17, 15) is 10.2 Å². The molecule has 3 N–H and O–H groups in total. The van der Waals surface area contributed by atoms with Crippen LogP contribution in [0.2, 0.25) is 0 Å². The largest absolute Gasteiger partial charge is 0.497 e. The van der Waals surface area contributed by atoms with Gasteiger partial charge in [-0.15, -0.1) is 0 Å². The van der Waals surface area contributed by atoms with Gasteiger partial charge in [0.25, 0.3) is 0 Å². The van der Waals surface area contributed by atoms with Gasteiger partial charge in [-0.25, -0.2) is 0 Å². The molecule has 1 aromatic heterocycles. The summed E-state index contributed by atoms with van der Waals surface area (Å²) in [5, 5.41) is 27.6. The number of piperidine rings is 1. The average Bonchev–Trinajstić information content (AvgIpc) is 3.27. The third-order valence-corrected chi connectivity index (χ3v) is 5.34. The molecule has 2 aromatic rings. The average molecular weight is 419 g/mol. The first kappa shape index (κ1) is 22.6. The minimum Gasteiger partial charge on any atom is -0.497 e. The van der Waals surface area contributed by atoms with E-state index in [4.69, 9.17) is 9.47 Å². The summed E-state index contributed by atoms with van der Waals surface area (Å²) in [6.45, 7) is 4.82. The molecule has 0 bridgehead atoms. The van der Waals surface area contributed by atoms with Crippen molar-refractivity contribution >= 4 is 0 Å². The summed E-state index contributed by atoms with van der Waals surface area (Å²) in [4.78, 5) is 2.18. The quantitative estimate of drug-likeness (QED) is 0.447. The van der Waals surface area contributed by atoms with Crippen molar-refractivity contribution in [3.63, 3.8) is 0 Å². The fourth-order valence-corrected chi connectivity index (χ4v) is 3.62. The van der Waals surface area contributed by atoms with Gasteiger partial charge in [-0.3, -0.25) is 4.68 Å². The van der Waals surface area contributed by atoms with Crippen LogP contribution in [0.5, 0.6) is 11.5 Å². The lowest BCUT2D eigenvalue weighted by atomic mass is 10.1. The standard InChI is InChI=1S/C22H34N4O4/c1-29-21-4-5-22(30-17-20(28)16-25-12-6-19(27)7-13-25)18(14-21)15-23-8-2-10-26-11-3-9-24-26/h3-5,9,11,14,19-20,23,27-28H,2,6-8,10,12-13,15-17H2,1H3/t20-/m1/s1. The molecule has 1 saturated heterocycles. The first-order valence-electron chi connectivity index (χ1n) is 10.7. The van der Waals surface area contributed by atoms with E-state index in [1.165, 1.54) is 0 Å². The van der Waals surface area contributed by atoms with Crippen LogP contribution in [0.25, 0.3) is 0 Å². The summed E-state index contributed by atoms with van der Waals surface area (Å²) < 4.78 is 13.2. The maximum atomic E-state index is 10.4. The Balaban J connectivity index is 1.44. The molecule has 0 saturated carbocycles. The van der Waals surface area contributed by atoms with Crippen molar-refractivity contribution in [3.05, 3.63) is 42.2 Å². The predicted octanol–water partition coefficient (Wildman–Crippen LogP) is 1.27. The lowest BCUT2D eigenvalue weighted by molar-refractivity contribution is 0.0336. The number of β-amino-alcohol motifs (C(OH)–C–C–N with tert-alkyl or cyclic N) is 1. The number of aliphatic hydroxyl groups is 2. The zero-order valence-corrected chi connectivity index (χ0v) is 17.7. The Hall–Kier alpha value is -2.13. The van der Waals surface area contributed by atoms with Crippen LogP contribution in [0.3, 0.4) is 0 Å². The molecule has 8 heteroatoms. The van der Waals surface area contributed by atoms with Crippen LogP contribution in [-0.2, 0) is 13.1 Å². The monoisotopic (exact) mass is 418 g/mol. The number of hydrogen-bond acceptors (Lipinski definition) is 7. The van der Waals surface area contributed by atoms with Crippen LogP contribution < -0.4 is 14.8 Å². The first-order chi connectivity index (χ1) is 14.6. The number of rotatable bonds is 12. The molecule has 0 radical (unpaired) electrons. The number of ether oxygens (including phenoxy) is 2. The van der Waals surface area contributed by atoms with Crippen molar-refractivity contribution in [1.82, 2.24) is 20.0 Å². The predicted molar refractivity (Wildman–Crippen MR) is 115 cm³/mol. The third-order valence-electron chi connectivity index (χ3n) is 5.34. The topological polar surface area (TPSA) is 92.0 Å². The van der Waals surface area contributed by atoms with E-state index < -0.39 is 6.10 Å². The van der Waals surface area contributed by atoms with Gasteiger partial charge in [0.05, 0.1) is 13.2 Å². The molecule has 8 nitrogen and oxygen atoms in total. The summed E-state index contributed by atoms with van der Waals surface area (Å²) in [5.74, 6) is 1.53. The van der Waals surface area contributed by atoms with Gasteiger partial charge in [0, 0.05) is 50.7 Å². The van der Waals surface area contributed by atoms with Gasteiger partial charge in [-0.1, -0.05) is 0 Å². The lowest BCUT2D eigenvalue weighted by Gasteiger charge is -2.31. The van der Waals surface area contributed by atoms with Gasteiger partial charge in [0.2, 0.25) is 0 Å². The van der Waals surface area contributed by atoms with E-state index in [0.29, 0.717) is 13.1 Å². The van der Waals surface area contributed by atoms with Gasteiger partial charge in [-0.05, 0) is 50.1 Å². The molecular weight excluding hydrogens is 384 g/mol. The van der Waals surface area contributed by atoms with Crippen LogP contribution in [-0.4, -0.2) is 77.0 Å². The molecule has 2 heterocycles. The Kier molecular flexibility index (Phi) is 8.95. The van der Waals surface area contributed by atoms with E-state index in [1.807, 2.05) is 35.1 Å². The fraction of sp³-hybridized carbons (Fsp3) is 0.591. The van der Waals surface area contributed by atoms with Crippen LogP contribution in [0.1, 0.15) is 24.8 Å². The number of aromatic nitrogens is 2. The zero-order chi connectivity index (χ0) is 21.2. The molecule has 0 aliphatic carbocycles. The maximum absolute atomic E-state index is 10.4. The Bertz CT molecular complexity index is 733. The number of aliphatic hydroxyl groups excluding tert-OH is 2. The molecule has 30 heavy (non-hydrogen) atoms. The van der Waals surface area contributed by atoms with Gasteiger partial charge in [-0.2, -0.15) is 5.10 Å². The van der Waals surface area contributed by atoms with E-state index in [-0.39, 0.29) is 12.7 Å². The number of benzene rings is 1. The van der Waals surface area contributed by atoms with Crippen LogP contribution in [0.4, 0.5) is 0 Å². The second-order valence-corrected chi connectivity index (χ2v) is 7.77. The van der Waals surface area contributed by atoms with Crippen molar-refractivity contribution in [1.29, 1.82) is 0 Å². The fourth-order valence-electron chi connectivity index (χ4n) is 3.62. The van der Waals surface area contributed by atoms with Crippen molar-refractivity contribution in [2.24, 2.45) is 0 Å². The molecule has 1 atom stereocenters. The van der Waals surface area contributed by atoms with E-state index >= 15 is 0 Å². The SMILES string of the molecule is COc1ccc(OC[C@H](O)CN2CCC(O)CC2)c(CNCCCn2cccn2)c1. The molecule has 0 unspecified atom stereocenters. The lowest BCUT2D eigenvalue weighted by Crippen LogP contribution is -2.41. The van der Waals surface area contributed by atoms with Crippen molar-refractivity contribution in [2.45, 2.75) is 44.6 Å². The van der Waals surface area contributed by atoms with Crippen molar-refractivity contribution < 1.29 is 19.7 Å². The molecule has 1 fully saturated rings.